The Morgan fingerprint density at radius 2 is 2.06 bits per heavy atom. The Morgan fingerprint density at radius 3 is 2.59 bits per heavy atom. The molecule has 0 bridgehead atoms. The van der Waals surface area contributed by atoms with Crippen molar-refractivity contribution >= 4 is 0 Å². The van der Waals surface area contributed by atoms with Crippen LogP contribution in [0.15, 0.2) is 6.33 Å². The Balaban J connectivity index is 2.50. The lowest BCUT2D eigenvalue weighted by molar-refractivity contribution is -0.0101. The van der Waals surface area contributed by atoms with Crippen molar-refractivity contribution in [3.05, 3.63) is 12.2 Å². The van der Waals surface area contributed by atoms with Crippen molar-refractivity contribution in [2.75, 3.05) is 6.61 Å². The summed E-state index contributed by atoms with van der Waals surface area (Å²) >= 11 is 0. The smallest absolute Gasteiger partial charge is 0.138 e. The molecule has 1 aromatic heterocycles. The van der Waals surface area contributed by atoms with Crippen LogP contribution in [0.25, 0.3) is 0 Å². The molecule has 5 heteroatoms. The van der Waals surface area contributed by atoms with E-state index >= 15 is 0 Å². The molecule has 1 heterocycles. The van der Waals surface area contributed by atoms with Crippen LogP contribution in [0.2, 0.25) is 0 Å². The molecular formula is C12H24N4O. The lowest BCUT2D eigenvalue weighted by Gasteiger charge is -2.22. The van der Waals surface area contributed by atoms with Gasteiger partial charge in [-0.05, 0) is 34.6 Å². The second-order valence-corrected chi connectivity index (χ2v) is 5.60. The van der Waals surface area contributed by atoms with Gasteiger partial charge in [-0.25, -0.2) is 9.67 Å². The highest BCUT2D eigenvalue weighted by Gasteiger charge is 2.16. The van der Waals surface area contributed by atoms with Crippen LogP contribution < -0.4 is 5.73 Å². The van der Waals surface area contributed by atoms with Gasteiger partial charge in [0.25, 0.3) is 0 Å². The van der Waals surface area contributed by atoms with E-state index < -0.39 is 0 Å². The molecule has 2 N–H and O–H groups in total. The fraction of sp³-hybridized carbons (Fsp3) is 0.833. The van der Waals surface area contributed by atoms with Crippen molar-refractivity contribution in [1.29, 1.82) is 0 Å². The first-order valence-corrected chi connectivity index (χ1v) is 6.07. The predicted molar refractivity (Wildman–Crippen MR) is 67.8 cm³/mol. The first kappa shape index (κ1) is 14.1. The van der Waals surface area contributed by atoms with Crippen LogP contribution in [-0.4, -0.2) is 33.0 Å². The first-order valence-electron chi connectivity index (χ1n) is 6.07. The Hall–Kier alpha value is -0.940. The zero-order valence-corrected chi connectivity index (χ0v) is 11.5. The molecule has 0 amide bonds. The summed E-state index contributed by atoms with van der Waals surface area (Å²) in [4.78, 5) is 4.24. The molecule has 1 rings (SSSR count). The largest absolute Gasteiger partial charge is 0.374 e. The van der Waals surface area contributed by atoms with Crippen molar-refractivity contribution in [3.8, 4) is 0 Å². The molecule has 0 aliphatic carbocycles. The first-order chi connectivity index (χ1) is 7.79. The van der Waals surface area contributed by atoms with Crippen LogP contribution in [0, 0.1) is 0 Å². The van der Waals surface area contributed by atoms with E-state index in [4.69, 9.17) is 10.5 Å². The van der Waals surface area contributed by atoms with Crippen molar-refractivity contribution in [2.24, 2.45) is 5.73 Å². The summed E-state index contributed by atoms with van der Waals surface area (Å²) in [5, 5.41) is 4.19. The third kappa shape index (κ3) is 4.83. The number of hydrogen-bond acceptors (Lipinski definition) is 4. The molecule has 0 fully saturated rings. The molecule has 98 valence electrons. The molecule has 17 heavy (non-hydrogen) atoms. The maximum Gasteiger partial charge on any atom is 0.138 e. The van der Waals surface area contributed by atoms with Gasteiger partial charge in [-0.2, -0.15) is 5.10 Å². The fourth-order valence-corrected chi connectivity index (χ4v) is 1.50. The summed E-state index contributed by atoms with van der Waals surface area (Å²) in [7, 11) is 0. The molecule has 0 saturated heterocycles. The Labute approximate surface area is 103 Å². The standard InChI is InChI=1S/C12H24N4O/c1-9(2)16-11(14-8-15-16)6-10(13)7-17-12(3,4)5/h8-10H,6-7,13H2,1-5H3. The molecular weight excluding hydrogens is 216 g/mol. The normalized spacial score (nSPS) is 14.3. The Morgan fingerprint density at radius 1 is 1.41 bits per heavy atom. The van der Waals surface area contributed by atoms with Crippen molar-refractivity contribution in [3.63, 3.8) is 0 Å². The van der Waals surface area contributed by atoms with E-state index in [0.29, 0.717) is 19.1 Å². The van der Waals surface area contributed by atoms with Crippen molar-refractivity contribution < 1.29 is 4.74 Å². The number of rotatable bonds is 5. The summed E-state index contributed by atoms with van der Waals surface area (Å²) in [5.41, 5.74) is 5.89. The number of hydrogen-bond donors (Lipinski definition) is 1. The molecule has 0 saturated carbocycles. The molecule has 5 nitrogen and oxygen atoms in total. The lowest BCUT2D eigenvalue weighted by Crippen LogP contribution is -2.34. The molecule has 0 radical (unpaired) electrons. The Bertz CT molecular complexity index is 341. The average Bonchev–Trinajstić information content (AvgIpc) is 2.62. The minimum atomic E-state index is -0.149. The van der Waals surface area contributed by atoms with E-state index in [1.54, 1.807) is 6.33 Å². The molecule has 0 aliphatic rings. The maximum atomic E-state index is 6.04. The van der Waals surface area contributed by atoms with Crippen LogP contribution in [0.4, 0.5) is 0 Å². The molecule has 0 aromatic carbocycles. The Kier molecular flexibility index (Phi) is 4.65. The van der Waals surface area contributed by atoms with Gasteiger partial charge in [0.15, 0.2) is 0 Å². The van der Waals surface area contributed by atoms with Gasteiger partial charge in [0.05, 0.1) is 12.2 Å². The summed E-state index contributed by atoms with van der Waals surface area (Å²) in [6.07, 6.45) is 2.26. The minimum absolute atomic E-state index is 0.0454. The third-order valence-corrected chi connectivity index (χ3v) is 2.31. The number of ether oxygens (including phenoxy) is 1. The van der Waals surface area contributed by atoms with Gasteiger partial charge in [0.2, 0.25) is 0 Å². The van der Waals surface area contributed by atoms with E-state index in [1.165, 1.54) is 0 Å². The quantitative estimate of drug-likeness (QED) is 0.848. The van der Waals surface area contributed by atoms with Crippen LogP contribution in [-0.2, 0) is 11.2 Å². The topological polar surface area (TPSA) is 66.0 Å². The van der Waals surface area contributed by atoms with Crippen LogP contribution in [0.5, 0.6) is 0 Å². The number of nitrogens with zero attached hydrogens (tertiary/aromatic N) is 3. The van der Waals surface area contributed by atoms with Gasteiger partial charge in [-0.1, -0.05) is 0 Å². The molecule has 1 aromatic rings. The van der Waals surface area contributed by atoms with E-state index in [9.17, 15) is 0 Å². The lowest BCUT2D eigenvalue weighted by atomic mass is 10.1. The number of nitrogens with two attached hydrogens (primary N) is 1. The monoisotopic (exact) mass is 240 g/mol. The summed E-state index contributed by atoms with van der Waals surface area (Å²) in [5.74, 6) is 0.921. The van der Waals surface area contributed by atoms with Gasteiger partial charge < -0.3 is 10.5 Å². The van der Waals surface area contributed by atoms with Gasteiger partial charge in [-0.3, -0.25) is 0 Å². The second-order valence-electron chi connectivity index (χ2n) is 5.60. The van der Waals surface area contributed by atoms with E-state index in [-0.39, 0.29) is 11.6 Å². The minimum Gasteiger partial charge on any atom is -0.374 e. The molecule has 1 atom stereocenters. The zero-order valence-electron chi connectivity index (χ0n) is 11.5. The summed E-state index contributed by atoms with van der Waals surface area (Å²) < 4.78 is 7.56. The summed E-state index contributed by atoms with van der Waals surface area (Å²) in [6.45, 7) is 10.8. The van der Waals surface area contributed by atoms with Crippen LogP contribution in [0.1, 0.15) is 46.5 Å². The van der Waals surface area contributed by atoms with Crippen molar-refractivity contribution in [1.82, 2.24) is 14.8 Å². The SMILES string of the molecule is CC(C)n1ncnc1CC(N)COC(C)(C)C. The van der Waals surface area contributed by atoms with Gasteiger partial charge >= 0.3 is 0 Å². The van der Waals surface area contributed by atoms with Gasteiger partial charge in [0, 0.05) is 18.5 Å². The molecule has 1 unspecified atom stereocenters. The third-order valence-electron chi connectivity index (χ3n) is 2.31. The number of aromatic nitrogens is 3. The molecule has 0 aliphatic heterocycles. The highest BCUT2D eigenvalue weighted by atomic mass is 16.5. The van der Waals surface area contributed by atoms with Gasteiger partial charge in [-0.15, -0.1) is 0 Å². The maximum absolute atomic E-state index is 6.04. The van der Waals surface area contributed by atoms with Crippen LogP contribution >= 0.6 is 0 Å². The average molecular weight is 240 g/mol. The van der Waals surface area contributed by atoms with E-state index in [1.807, 2.05) is 25.5 Å². The fourth-order valence-electron chi connectivity index (χ4n) is 1.50. The molecule has 0 spiro atoms. The zero-order chi connectivity index (χ0) is 13.1. The highest BCUT2D eigenvalue weighted by molar-refractivity contribution is 4.90. The van der Waals surface area contributed by atoms with Gasteiger partial charge in [0.1, 0.15) is 12.2 Å². The van der Waals surface area contributed by atoms with E-state index in [0.717, 1.165) is 5.82 Å². The predicted octanol–water partition coefficient (Wildman–Crippen LogP) is 1.54. The summed E-state index contributed by atoms with van der Waals surface area (Å²) in [6, 6.07) is 0.263. The second kappa shape index (κ2) is 5.60. The highest BCUT2D eigenvalue weighted by Crippen LogP contribution is 2.10. The van der Waals surface area contributed by atoms with E-state index in [2.05, 4.69) is 23.9 Å². The van der Waals surface area contributed by atoms with Crippen LogP contribution in [0.3, 0.4) is 0 Å². The van der Waals surface area contributed by atoms with Crippen molar-refractivity contribution in [2.45, 2.75) is 58.7 Å².